The Bertz CT molecular complexity index is 454. The number of aromatic nitrogens is 1. The molecule has 1 aliphatic rings. The molecule has 4 nitrogen and oxygen atoms in total. The summed E-state index contributed by atoms with van der Waals surface area (Å²) in [4.78, 5) is 15.4. The highest BCUT2D eigenvalue weighted by Gasteiger charge is 2.21. The summed E-state index contributed by atoms with van der Waals surface area (Å²) in [7, 11) is 0. The van der Waals surface area contributed by atoms with E-state index in [-0.39, 0.29) is 5.91 Å². The highest BCUT2D eigenvalue weighted by atomic mass is 16.1. The second kappa shape index (κ2) is 5.08. The summed E-state index contributed by atoms with van der Waals surface area (Å²) >= 11 is 0. The standard InChI is InChI=1S/C13H17N3O/c1-10(17)14-8-7-12-6-5-11-4-3-9-16(2)13(11)15-12/h5-6H,2-4,7-9H2,1H3/p+1. The number of aryl methyl sites for hydroxylation is 1. The quantitative estimate of drug-likeness (QED) is 0.792. The van der Waals surface area contributed by atoms with Crippen LogP contribution in [0, 0.1) is 0 Å². The number of fused-ring (bicyclic) bond motifs is 1. The molecule has 90 valence electrons. The molecule has 2 heterocycles. The van der Waals surface area contributed by atoms with Crippen molar-refractivity contribution < 1.29 is 9.37 Å². The largest absolute Gasteiger partial charge is 0.356 e. The molecule has 0 aliphatic carbocycles. The summed E-state index contributed by atoms with van der Waals surface area (Å²) in [5, 5.41) is 2.78. The van der Waals surface area contributed by atoms with Gasteiger partial charge >= 0.3 is 5.82 Å². The number of nitrogens with zero attached hydrogens (tertiary/aromatic N) is 2. The number of hydrogen-bond donors (Lipinski definition) is 1. The summed E-state index contributed by atoms with van der Waals surface area (Å²) in [5.74, 6) is 0.998. The Morgan fingerprint density at radius 3 is 3.18 bits per heavy atom. The zero-order valence-electron chi connectivity index (χ0n) is 10.2. The molecule has 0 unspecified atom stereocenters. The highest BCUT2D eigenvalue weighted by Crippen LogP contribution is 2.22. The van der Waals surface area contributed by atoms with Crippen LogP contribution in [0.4, 0.5) is 5.82 Å². The van der Waals surface area contributed by atoms with Crippen molar-refractivity contribution >= 4 is 18.4 Å². The maximum Gasteiger partial charge on any atom is 0.325 e. The molecule has 1 aliphatic heterocycles. The Balaban J connectivity index is 2.07. The van der Waals surface area contributed by atoms with Crippen LogP contribution >= 0.6 is 0 Å². The van der Waals surface area contributed by atoms with Crippen molar-refractivity contribution in [3.05, 3.63) is 23.4 Å². The minimum absolute atomic E-state index is 0.00162. The second-order valence-electron chi connectivity index (χ2n) is 4.39. The van der Waals surface area contributed by atoms with Gasteiger partial charge in [0.05, 0.1) is 13.3 Å². The molecular weight excluding hydrogens is 214 g/mol. The lowest BCUT2D eigenvalue weighted by Crippen LogP contribution is -2.23. The van der Waals surface area contributed by atoms with E-state index in [1.165, 1.54) is 12.5 Å². The van der Waals surface area contributed by atoms with Gasteiger partial charge in [0.25, 0.3) is 0 Å². The third-order valence-corrected chi connectivity index (χ3v) is 2.94. The Morgan fingerprint density at radius 2 is 2.41 bits per heavy atom. The van der Waals surface area contributed by atoms with E-state index < -0.39 is 0 Å². The molecule has 0 radical (unpaired) electrons. The number of amides is 1. The topological polar surface area (TPSA) is 45.0 Å². The predicted octanol–water partition coefficient (Wildman–Crippen LogP) is 1.05. The van der Waals surface area contributed by atoms with Gasteiger partial charge in [-0.25, -0.2) is 4.58 Å². The Hall–Kier alpha value is -1.71. The van der Waals surface area contributed by atoms with E-state index in [0.29, 0.717) is 6.54 Å². The normalized spacial score (nSPS) is 14.3. The number of carbonyl (C=O) groups excluding carboxylic acids is 1. The van der Waals surface area contributed by atoms with Gasteiger partial charge in [-0.2, -0.15) is 0 Å². The van der Waals surface area contributed by atoms with E-state index >= 15 is 0 Å². The molecule has 17 heavy (non-hydrogen) atoms. The van der Waals surface area contributed by atoms with E-state index in [1.807, 2.05) is 10.6 Å². The third kappa shape index (κ3) is 2.90. The molecule has 0 saturated carbocycles. The van der Waals surface area contributed by atoms with Crippen molar-refractivity contribution in [1.82, 2.24) is 10.3 Å². The molecule has 0 aromatic carbocycles. The third-order valence-electron chi connectivity index (χ3n) is 2.94. The summed E-state index contributed by atoms with van der Waals surface area (Å²) < 4.78 is 1.96. The van der Waals surface area contributed by atoms with Gasteiger partial charge in [0.2, 0.25) is 5.91 Å². The lowest BCUT2D eigenvalue weighted by Gasteiger charge is -2.12. The predicted molar refractivity (Wildman–Crippen MR) is 66.9 cm³/mol. The lowest BCUT2D eigenvalue weighted by molar-refractivity contribution is -0.441. The van der Waals surface area contributed by atoms with Crippen LogP contribution in [0.2, 0.25) is 0 Å². The zero-order valence-corrected chi connectivity index (χ0v) is 10.2. The van der Waals surface area contributed by atoms with Gasteiger partial charge in [0.15, 0.2) is 5.69 Å². The minimum atomic E-state index is 0.00162. The van der Waals surface area contributed by atoms with Crippen LogP contribution in [0.25, 0.3) is 0 Å². The Labute approximate surface area is 101 Å². The molecule has 2 rings (SSSR count). The van der Waals surface area contributed by atoms with Crippen LogP contribution in [0.15, 0.2) is 12.1 Å². The van der Waals surface area contributed by atoms with Gasteiger partial charge in [0.1, 0.15) is 0 Å². The van der Waals surface area contributed by atoms with Crippen molar-refractivity contribution in [2.45, 2.75) is 26.2 Å². The molecule has 4 heteroatoms. The van der Waals surface area contributed by atoms with Crippen molar-refractivity contribution in [2.75, 3.05) is 13.1 Å². The average molecular weight is 232 g/mol. The first kappa shape index (κ1) is 11.8. The summed E-state index contributed by atoms with van der Waals surface area (Å²) in [6, 6.07) is 4.17. The Kier molecular flexibility index (Phi) is 3.52. The fraction of sp³-hybridized carbons (Fsp3) is 0.462. The van der Waals surface area contributed by atoms with Crippen LogP contribution < -0.4 is 5.32 Å². The van der Waals surface area contributed by atoms with Crippen LogP contribution in [0.1, 0.15) is 24.6 Å². The molecule has 1 aromatic rings. The number of carbonyl (C=O) groups is 1. The number of pyridine rings is 1. The molecule has 1 amide bonds. The molecule has 0 saturated heterocycles. The molecule has 1 aromatic heterocycles. The average Bonchev–Trinajstić information content (AvgIpc) is 2.30. The van der Waals surface area contributed by atoms with Gasteiger partial charge in [-0.3, -0.25) is 4.79 Å². The van der Waals surface area contributed by atoms with E-state index in [9.17, 15) is 4.79 Å². The van der Waals surface area contributed by atoms with Gasteiger partial charge in [-0.05, 0) is 30.0 Å². The van der Waals surface area contributed by atoms with Gasteiger partial charge in [0, 0.05) is 25.5 Å². The Morgan fingerprint density at radius 1 is 1.59 bits per heavy atom. The minimum Gasteiger partial charge on any atom is -0.356 e. The summed E-state index contributed by atoms with van der Waals surface area (Å²) in [5.41, 5.74) is 2.28. The SMILES string of the molecule is C=[N+]1CCCc2ccc(CCNC(C)=O)nc21. The van der Waals surface area contributed by atoms with Gasteiger partial charge < -0.3 is 5.32 Å². The maximum absolute atomic E-state index is 10.8. The van der Waals surface area contributed by atoms with E-state index in [0.717, 1.165) is 37.3 Å². The first-order valence-corrected chi connectivity index (χ1v) is 5.98. The summed E-state index contributed by atoms with van der Waals surface area (Å²) in [6.45, 7) is 7.12. The van der Waals surface area contributed by atoms with Crippen molar-refractivity contribution in [1.29, 1.82) is 0 Å². The molecule has 1 N–H and O–H groups in total. The smallest absolute Gasteiger partial charge is 0.325 e. The number of rotatable bonds is 3. The molecular formula is C13H18N3O+. The monoisotopic (exact) mass is 232 g/mol. The van der Waals surface area contributed by atoms with E-state index in [1.54, 1.807) is 0 Å². The van der Waals surface area contributed by atoms with Gasteiger partial charge in [-0.15, -0.1) is 0 Å². The first-order valence-electron chi connectivity index (χ1n) is 5.98. The van der Waals surface area contributed by atoms with Crippen molar-refractivity contribution in [2.24, 2.45) is 0 Å². The van der Waals surface area contributed by atoms with E-state index in [2.05, 4.69) is 23.1 Å². The zero-order chi connectivity index (χ0) is 12.3. The molecule has 0 bridgehead atoms. The second-order valence-corrected chi connectivity index (χ2v) is 4.39. The number of nitrogens with one attached hydrogen (secondary N) is 1. The lowest BCUT2D eigenvalue weighted by atomic mass is 10.1. The number of hydrogen-bond acceptors (Lipinski definition) is 2. The summed E-state index contributed by atoms with van der Waals surface area (Å²) in [6.07, 6.45) is 2.99. The fourth-order valence-corrected chi connectivity index (χ4v) is 2.06. The fourth-order valence-electron chi connectivity index (χ4n) is 2.06. The highest BCUT2D eigenvalue weighted by molar-refractivity contribution is 5.72. The molecule has 0 atom stereocenters. The first-order chi connectivity index (χ1) is 8.16. The van der Waals surface area contributed by atoms with Crippen LogP contribution in [0.3, 0.4) is 0 Å². The van der Waals surface area contributed by atoms with Gasteiger partial charge in [-0.1, -0.05) is 0 Å². The van der Waals surface area contributed by atoms with Crippen molar-refractivity contribution in [3.63, 3.8) is 0 Å². The maximum atomic E-state index is 10.8. The van der Waals surface area contributed by atoms with Crippen LogP contribution in [0.5, 0.6) is 0 Å². The molecule has 0 spiro atoms. The van der Waals surface area contributed by atoms with E-state index in [4.69, 9.17) is 0 Å². The molecule has 0 fully saturated rings. The van der Waals surface area contributed by atoms with Crippen LogP contribution in [-0.4, -0.2) is 35.3 Å². The van der Waals surface area contributed by atoms with Crippen LogP contribution in [-0.2, 0) is 17.6 Å². The van der Waals surface area contributed by atoms with Crippen molar-refractivity contribution in [3.8, 4) is 0 Å².